The number of rotatable bonds is 13. The highest BCUT2D eigenvalue weighted by Crippen LogP contribution is 2.31. The molecule has 0 fully saturated rings. The summed E-state index contributed by atoms with van der Waals surface area (Å²) in [5.41, 5.74) is 1.61. The first-order chi connectivity index (χ1) is 15.6. The zero-order valence-corrected chi connectivity index (χ0v) is 19.3. The maximum atomic E-state index is 12.4. The van der Waals surface area contributed by atoms with Gasteiger partial charge in [-0.1, -0.05) is 57.5 Å². The van der Waals surface area contributed by atoms with Crippen molar-refractivity contribution in [1.29, 1.82) is 0 Å². The summed E-state index contributed by atoms with van der Waals surface area (Å²) in [6.45, 7) is 7.16. The average molecular weight is 442 g/mol. The van der Waals surface area contributed by atoms with Gasteiger partial charge in [-0.05, 0) is 37.0 Å². The Hall–Kier alpha value is -3.22. The number of nitrogens with one attached hydrogen (secondary N) is 3. The average Bonchev–Trinajstić information content (AvgIpc) is 2.81. The maximum absolute atomic E-state index is 12.4. The van der Waals surface area contributed by atoms with Gasteiger partial charge in [0, 0.05) is 11.8 Å². The molecule has 0 bridgehead atoms. The maximum Gasteiger partial charge on any atom is 0.319 e. The third-order valence-corrected chi connectivity index (χ3v) is 4.65. The second-order valence-electron chi connectivity index (χ2n) is 7.49. The van der Waals surface area contributed by atoms with E-state index in [-0.39, 0.29) is 18.5 Å². The van der Waals surface area contributed by atoms with Crippen LogP contribution in [0.15, 0.2) is 48.5 Å². The van der Waals surface area contributed by atoms with Crippen LogP contribution in [0.2, 0.25) is 0 Å². The van der Waals surface area contributed by atoms with Gasteiger partial charge >= 0.3 is 6.03 Å². The van der Waals surface area contributed by atoms with Crippen molar-refractivity contribution < 1.29 is 19.1 Å². The number of urea groups is 1. The molecule has 0 aliphatic carbocycles. The number of hydrogen-bond donors (Lipinski definition) is 3. The van der Waals surface area contributed by atoms with E-state index >= 15 is 0 Å². The van der Waals surface area contributed by atoms with E-state index in [9.17, 15) is 9.59 Å². The van der Waals surface area contributed by atoms with Crippen molar-refractivity contribution in [3.8, 4) is 11.5 Å². The normalized spacial score (nSPS) is 11.3. The lowest BCUT2D eigenvalue weighted by Gasteiger charge is -2.19. The fourth-order valence-corrected chi connectivity index (χ4v) is 3.12. The molecule has 174 valence electrons. The lowest BCUT2D eigenvalue weighted by atomic mass is 10.0. The Morgan fingerprint density at radius 2 is 1.56 bits per heavy atom. The van der Waals surface area contributed by atoms with Crippen molar-refractivity contribution in [2.45, 2.75) is 52.5 Å². The van der Waals surface area contributed by atoms with Gasteiger partial charge in [0.1, 0.15) is 0 Å². The van der Waals surface area contributed by atoms with Gasteiger partial charge in [0.15, 0.2) is 11.5 Å². The molecule has 1 atom stereocenters. The second kappa shape index (κ2) is 14.0. The lowest BCUT2D eigenvalue weighted by Crippen LogP contribution is -2.40. The van der Waals surface area contributed by atoms with E-state index in [0.717, 1.165) is 31.2 Å². The Morgan fingerprint density at radius 1 is 0.875 bits per heavy atom. The number of ether oxygens (including phenoxy) is 2. The van der Waals surface area contributed by atoms with Crippen LogP contribution in [0.1, 0.15) is 58.1 Å². The molecule has 0 spiro atoms. The van der Waals surface area contributed by atoms with Gasteiger partial charge in [0.05, 0.1) is 25.8 Å². The van der Waals surface area contributed by atoms with E-state index in [0.29, 0.717) is 30.4 Å². The number of hydrogen-bond acceptors (Lipinski definition) is 4. The molecule has 7 nitrogen and oxygen atoms in total. The second-order valence-corrected chi connectivity index (χ2v) is 7.49. The van der Waals surface area contributed by atoms with Crippen LogP contribution in [0.3, 0.4) is 0 Å². The van der Waals surface area contributed by atoms with Crippen LogP contribution in [-0.2, 0) is 4.79 Å². The molecule has 0 heterocycles. The van der Waals surface area contributed by atoms with E-state index in [1.165, 1.54) is 0 Å². The molecule has 32 heavy (non-hydrogen) atoms. The van der Waals surface area contributed by atoms with E-state index < -0.39 is 6.03 Å². The molecule has 0 saturated heterocycles. The molecule has 0 saturated carbocycles. The van der Waals surface area contributed by atoms with Crippen LogP contribution in [0, 0.1) is 0 Å². The molecule has 0 aromatic heterocycles. The molecule has 7 heteroatoms. The lowest BCUT2D eigenvalue weighted by molar-refractivity contribution is -0.120. The fraction of sp³-hybridized carbons (Fsp3) is 0.440. The van der Waals surface area contributed by atoms with Crippen LogP contribution in [0.5, 0.6) is 11.5 Å². The van der Waals surface area contributed by atoms with Crippen molar-refractivity contribution in [2.75, 3.05) is 25.1 Å². The summed E-state index contributed by atoms with van der Waals surface area (Å²) in [4.78, 5) is 24.7. The monoisotopic (exact) mass is 441 g/mol. The van der Waals surface area contributed by atoms with E-state index in [2.05, 4.69) is 22.9 Å². The van der Waals surface area contributed by atoms with Gasteiger partial charge in [-0.15, -0.1) is 0 Å². The van der Waals surface area contributed by atoms with Crippen molar-refractivity contribution in [2.24, 2.45) is 0 Å². The first kappa shape index (κ1) is 25.0. The Bertz CT molecular complexity index is 842. The van der Waals surface area contributed by atoms with Gasteiger partial charge in [0.25, 0.3) is 0 Å². The molecule has 3 amide bonds. The first-order valence-corrected chi connectivity index (χ1v) is 11.4. The largest absolute Gasteiger partial charge is 0.490 e. The van der Waals surface area contributed by atoms with Gasteiger partial charge in [0.2, 0.25) is 5.91 Å². The highest BCUT2D eigenvalue weighted by molar-refractivity contribution is 5.92. The van der Waals surface area contributed by atoms with E-state index in [4.69, 9.17) is 9.47 Å². The highest BCUT2D eigenvalue weighted by Gasteiger charge is 2.15. The van der Waals surface area contributed by atoms with Crippen LogP contribution in [0.25, 0.3) is 0 Å². The predicted molar refractivity (Wildman–Crippen MR) is 127 cm³/mol. The minimum atomic E-state index is -0.462. The zero-order valence-electron chi connectivity index (χ0n) is 19.3. The Labute approximate surface area is 190 Å². The third-order valence-electron chi connectivity index (χ3n) is 4.65. The molecule has 0 radical (unpaired) electrons. The Kier molecular flexibility index (Phi) is 10.9. The summed E-state index contributed by atoms with van der Waals surface area (Å²) in [6.07, 6.45) is 3.52. The highest BCUT2D eigenvalue weighted by atomic mass is 16.5. The summed E-state index contributed by atoms with van der Waals surface area (Å²) in [6, 6.07) is 14.5. The molecule has 3 N–H and O–H groups in total. The van der Waals surface area contributed by atoms with Crippen LogP contribution >= 0.6 is 0 Å². The molecule has 2 aromatic carbocycles. The Balaban J connectivity index is 1.90. The smallest absolute Gasteiger partial charge is 0.319 e. The zero-order chi connectivity index (χ0) is 23.2. The standard InChI is InChI=1S/C25H35N3O4/c1-4-10-21(19-11-8-7-9-12-19)28-24(29)18-26-25(30)27-20-13-14-22(31-15-5-2)23(17-20)32-16-6-3/h7-9,11-14,17,21H,4-6,10,15-16,18H2,1-3H3,(H,28,29)(H2,26,27,30)/t21-/m0/s1. The molecule has 2 aromatic rings. The summed E-state index contributed by atoms with van der Waals surface area (Å²) in [5.74, 6) is 0.993. The number of carbonyl (C=O) groups is 2. The van der Waals surface area contributed by atoms with Crippen molar-refractivity contribution in [3.63, 3.8) is 0 Å². The molecule has 2 rings (SSSR count). The number of carbonyl (C=O) groups excluding carboxylic acids is 2. The molecular weight excluding hydrogens is 406 g/mol. The van der Waals surface area contributed by atoms with Crippen molar-refractivity contribution >= 4 is 17.6 Å². The number of amides is 3. The summed E-state index contributed by atoms with van der Waals surface area (Å²) < 4.78 is 11.5. The first-order valence-electron chi connectivity index (χ1n) is 11.4. The summed E-state index contributed by atoms with van der Waals surface area (Å²) in [5, 5.41) is 8.34. The predicted octanol–water partition coefficient (Wildman–Crippen LogP) is 5.04. The van der Waals surface area contributed by atoms with Gasteiger partial charge in [-0.2, -0.15) is 0 Å². The van der Waals surface area contributed by atoms with Gasteiger partial charge < -0.3 is 25.4 Å². The van der Waals surface area contributed by atoms with E-state index in [1.807, 2.05) is 44.2 Å². The van der Waals surface area contributed by atoms with E-state index in [1.54, 1.807) is 18.2 Å². The third kappa shape index (κ3) is 8.49. The quantitative estimate of drug-likeness (QED) is 0.406. The topological polar surface area (TPSA) is 88.7 Å². The molecule has 0 aliphatic rings. The number of benzene rings is 2. The number of anilines is 1. The van der Waals surface area contributed by atoms with Crippen molar-refractivity contribution in [3.05, 3.63) is 54.1 Å². The minimum Gasteiger partial charge on any atom is -0.490 e. The van der Waals surface area contributed by atoms with Gasteiger partial charge in [-0.25, -0.2) is 4.79 Å². The van der Waals surface area contributed by atoms with Crippen LogP contribution < -0.4 is 25.4 Å². The molecule has 0 unspecified atom stereocenters. The summed E-state index contributed by atoms with van der Waals surface area (Å²) >= 11 is 0. The molecular formula is C25H35N3O4. The van der Waals surface area contributed by atoms with Crippen LogP contribution in [-0.4, -0.2) is 31.7 Å². The SMILES string of the molecule is CCCOc1ccc(NC(=O)NCC(=O)N[C@@H](CCC)c2ccccc2)cc1OCCC. The summed E-state index contributed by atoms with van der Waals surface area (Å²) in [7, 11) is 0. The fourth-order valence-electron chi connectivity index (χ4n) is 3.12. The molecule has 0 aliphatic heterocycles. The Morgan fingerprint density at radius 3 is 2.22 bits per heavy atom. The van der Waals surface area contributed by atoms with Crippen molar-refractivity contribution in [1.82, 2.24) is 10.6 Å². The van der Waals surface area contributed by atoms with Crippen LogP contribution in [0.4, 0.5) is 10.5 Å². The van der Waals surface area contributed by atoms with Gasteiger partial charge in [-0.3, -0.25) is 4.79 Å². The minimum absolute atomic E-state index is 0.0764.